The van der Waals surface area contributed by atoms with Crippen molar-refractivity contribution in [3.05, 3.63) is 45.4 Å². The van der Waals surface area contributed by atoms with Crippen molar-refractivity contribution in [3.8, 4) is 5.75 Å². The standard InChI is InChI=1S/C11H9ClN2O2S/c12-10-2-1-7(15)3-9(10)11(16)14-5-8-4-13-6-17-8/h1-4,6,15H,5H2,(H,14,16). The van der Waals surface area contributed by atoms with E-state index in [2.05, 4.69) is 10.3 Å². The van der Waals surface area contributed by atoms with Crippen molar-refractivity contribution in [1.29, 1.82) is 0 Å². The molecule has 88 valence electrons. The van der Waals surface area contributed by atoms with E-state index in [0.717, 1.165) is 4.88 Å². The van der Waals surface area contributed by atoms with Crippen molar-refractivity contribution in [2.75, 3.05) is 0 Å². The third-order valence-corrected chi connectivity index (χ3v) is 3.21. The molecule has 0 saturated carbocycles. The lowest BCUT2D eigenvalue weighted by molar-refractivity contribution is 0.0951. The highest BCUT2D eigenvalue weighted by molar-refractivity contribution is 7.09. The maximum absolute atomic E-state index is 11.8. The maximum Gasteiger partial charge on any atom is 0.253 e. The van der Waals surface area contributed by atoms with Gasteiger partial charge < -0.3 is 10.4 Å². The van der Waals surface area contributed by atoms with Gasteiger partial charge in [0.2, 0.25) is 0 Å². The van der Waals surface area contributed by atoms with Crippen molar-refractivity contribution in [3.63, 3.8) is 0 Å². The summed E-state index contributed by atoms with van der Waals surface area (Å²) in [7, 11) is 0. The Labute approximate surface area is 107 Å². The fourth-order valence-electron chi connectivity index (χ4n) is 1.28. The van der Waals surface area contributed by atoms with E-state index >= 15 is 0 Å². The summed E-state index contributed by atoms with van der Waals surface area (Å²) in [4.78, 5) is 16.6. The van der Waals surface area contributed by atoms with Crippen LogP contribution in [0.5, 0.6) is 5.75 Å². The number of carbonyl (C=O) groups is 1. The van der Waals surface area contributed by atoms with Crippen LogP contribution in [0.2, 0.25) is 5.02 Å². The Hall–Kier alpha value is -1.59. The molecule has 2 aromatic rings. The van der Waals surface area contributed by atoms with E-state index in [4.69, 9.17) is 11.6 Å². The molecule has 1 aromatic carbocycles. The van der Waals surface area contributed by atoms with Gasteiger partial charge in [0.05, 0.1) is 22.6 Å². The number of amides is 1. The summed E-state index contributed by atoms with van der Waals surface area (Å²) < 4.78 is 0. The van der Waals surface area contributed by atoms with Crippen LogP contribution in [0.1, 0.15) is 15.2 Å². The molecule has 0 aliphatic carbocycles. The van der Waals surface area contributed by atoms with Crippen molar-refractivity contribution in [2.45, 2.75) is 6.54 Å². The average Bonchev–Trinajstić information content (AvgIpc) is 2.82. The lowest BCUT2D eigenvalue weighted by atomic mass is 10.2. The number of aromatic nitrogens is 1. The number of phenols is 1. The Balaban J connectivity index is 2.07. The molecule has 0 atom stereocenters. The second-order valence-corrected chi connectivity index (χ2v) is 4.69. The van der Waals surface area contributed by atoms with Crippen LogP contribution in [0.15, 0.2) is 29.9 Å². The number of benzene rings is 1. The molecule has 1 aromatic heterocycles. The van der Waals surface area contributed by atoms with Gasteiger partial charge in [0.25, 0.3) is 5.91 Å². The summed E-state index contributed by atoms with van der Waals surface area (Å²) in [6.07, 6.45) is 1.69. The van der Waals surface area contributed by atoms with Crippen LogP contribution in [-0.2, 0) is 6.54 Å². The Morgan fingerprint density at radius 2 is 2.35 bits per heavy atom. The molecular formula is C11H9ClN2O2S. The fraction of sp³-hybridized carbons (Fsp3) is 0.0909. The van der Waals surface area contributed by atoms with Crippen LogP contribution in [0.25, 0.3) is 0 Å². The molecule has 2 N–H and O–H groups in total. The molecule has 0 saturated heterocycles. The van der Waals surface area contributed by atoms with Gasteiger partial charge in [0.15, 0.2) is 0 Å². The van der Waals surface area contributed by atoms with E-state index in [9.17, 15) is 9.90 Å². The van der Waals surface area contributed by atoms with Gasteiger partial charge in [-0.05, 0) is 18.2 Å². The smallest absolute Gasteiger partial charge is 0.253 e. The number of thiazole rings is 1. The van der Waals surface area contributed by atoms with Crippen LogP contribution >= 0.6 is 22.9 Å². The number of halogens is 1. The van der Waals surface area contributed by atoms with Gasteiger partial charge in [-0.25, -0.2) is 0 Å². The lowest BCUT2D eigenvalue weighted by Gasteiger charge is -2.05. The molecule has 2 rings (SSSR count). The summed E-state index contributed by atoms with van der Waals surface area (Å²) in [6, 6.07) is 4.26. The second kappa shape index (κ2) is 5.16. The molecule has 0 radical (unpaired) electrons. The Kier molecular flexibility index (Phi) is 3.61. The first-order valence-corrected chi connectivity index (χ1v) is 6.06. The number of phenolic OH excluding ortho intramolecular Hbond substituents is 1. The number of carbonyl (C=O) groups excluding carboxylic acids is 1. The minimum Gasteiger partial charge on any atom is -0.508 e. The third kappa shape index (κ3) is 2.95. The summed E-state index contributed by atoms with van der Waals surface area (Å²) in [5, 5.41) is 12.3. The normalized spacial score (nSPS) is 10.2. The van der Waals surface area contributed by atoms with E-state index < -0.39 is 0 Å². The predicted octanol–water partition coefficient (Wildman–Crippen LogP) is 2.43. The lowest BCUT2D eigenvalue weighted by Crippen LogP contribution is -2.22. The van der Waals surface area contributed by atoms with Gasteiger partial charge >= 0.3 is 0 Å². The molecule has 1 amide bonds. The minimum atomic E-state index is -0.320. The average molecular weight is 269 g/mol. The number of hydrogen-bond donors (Lipinski definition) is 2. The van der Waals surface area contributed by atoms with Crippen LogP contribution in [0.3, 0.4) is 0 Å². The summed E-state index contributed by atoms with van der Waals surface area (Å²) in [6.45, 7) is 0.398. The van der Waals surface area contributed by atoms with Crippen LogP contribution in [0, 0.1) is 0 Å². The van der Waals surface area contributed by atoms with Crippen LogP contribution in [0.4, 0.5) is 0 Å². The monoisotopic (exact) mass is 268 g/mol. The zero-order chi connectivity index (χ0) is 12.3. The molecule has 0 aliphatic heterocycles. The quantitative estimate of drug-likeness (QED) is 0.899. The SMILES string of the molecule is O=C(NCc1cncs1)c1cc(O)ccc1Cl. The van der Waals surface area contributed by atoms with Gasteiger partial charge in [0.1, 0.15) is 5.75 Å². The van der Waals surface area contributed by atoms with Crippen molar-refractivity contribution in [2.24, 2.45) is 0 Å². The largest absolute Gasteiger partial charge is 0.508 e. The van der Waals surface area contributed by atoms with E-state index in [-0.39, 0.29) is 17.2 Å². The molecule has 1 heterocycles. The second-order valence-electron chi connectivity index (χ2n) is 3.31. The predicted molar refractivity (Wildman–Crippen MR) is 66.4 cm³/mol. The molecule has 17 heavy (non-hydrogen) atoms. The van der Waals surface area contributed by atoms with Crippen LogP contribution in [-0.4, -0.2) is 16.0 Å². The van der Waals surface area contributed by atoms with E-state index in [1.54, 1.807) is 11.7 Å². The summed E-state index contributed by atoms with van der Waals surface area (Å²) >= 11 is 7.33. The maximum atomic E-state index is 11.8. The molecule has 0 fully saturated rings. The Morgan fingerprint density at radius 3 is 3.06 bits per heavy atom. The first kappa shape index (κ1) is 11.9. The van der Waals surface area contributed by atoms with Crippen molar-refractivity contribution < 1.29 is 9.90 Å². The van der Waals surface area contributed by atoms with Crippen molar-refractivity contribution in [1.82, 2.24) is 10.3 Å². The Morgan fingerprint density at radius 1 is 1.53 bits per heavy atom. The van der Waals surface area contributed by atoms with Crippen LogP contribution < -0.4 is 5.32 Å². The van der Waals surface area contributed by atoms with Gasteiger partial charge in [-0.1, -0.05) is 11.6 Å². The van der Waals surface area contributed by atoms with E-state index in [1.807, 2.05) is 0 Å². The number of rotatable bonds is 3. The molecule has 6 heteroatoms. The third-order valence-electron chi connectivity index (χ3n) is 2.10. The topological polar surface area (TPSA) is 62.2 Å². The fourth-order valence-corrected chi connectivity index (χ4v) is 2.02. The molecule has 4 nitrogen and oxygen atoms in total. The first-order chi connectivity index (χ1) is 8.16. The summed E-state index contributed by atoms with van der Waals surface area (Å²) in [5.74, 6) is -0.309. The molecule has 0 bridgehead atoms. The van der Waals surface area contributed by atoms with Gasteiger partial charge in [-0.3, -0.25) is 9.78 Å². The number of hydrogen-bond acceptors (Lipinski definition) is 4. The highest BCUT2D eigenvalue weighted by Crippen LogP contribution is 2.21. The highest BCUT2D eigenvalue weighted by Gasteiger charge is 2.11. The van der Waals surface area contributed by atoms with E-state index in [1.165, 1.54) is 29.5 Å². The molecule has 0 aliphatic rings. The molecule has 0 spiro atoms. The van der Waals surface area contributed by atoms with Gasteiger partial charge in [0, 0.05) is 11.1 Å². The highest BCUT2D eigenvalue weighted by atomic mass is 35.5. The first-order valence-electron chi connectivity index (χ1n) is 4.81. The molecular weight excluding hydrogens is 260 g/mol. The number of nitrogens with one attached hydrogen (secondary N) is 1. The zero-order valence-electron chi connectivity index (χ0n) is 8.68. The van der Waals surface area contributed by atoms with Gasteiger partial charge in [-0.15, -0.1) is 11.3 Å². The Bertz CT molecular complexity index is 528. The zero-order valence-corrected chi connectivity index (χ0v) is 10.3. The molecule has 0 unspecified atom stereocenters. The van der Waals surface area contributed by atoms with Crippen molar-refractivity contribution >= 4 is 28.8 Å². The number of aromatic hydroxyl groups is 1. The van der Waals surface area contributed by atoms with Gasteiger partial charge in [-0.2, -0.15) is 0 Å². The minimum absolute atomic E-state index is 0.0114. The number of nitrogens with zero attached hydrogens (tertiary/aromatic N) is 1. The summed E-state index contributed by atoms with van der Waals surface area (Å²) in [5.41, 5.74) is 1.96. The van der Waals surface area contributed by atoms with E-state index in [0.29, 0.717) is 11.6 Å².